The van der Waals surface area contributed by atoms with Gasteiger partial charge in [0.15, 0.2) is 0 Å². The first-order chi connectivity index (χ1) is 8.15. The molecule has 0 aromatic heterocycles. The Hall–Kier alpha value is -1.35. The molecule has 17 heavy (non-hydrogen) atoms. The summed E-state index contributed by atoms with van der Waals surface area (Å²) in [5.74, 6) is 0.797. The number of benzene rings is 1. The van der Waals surface area contributed by atoms with Gasteiger partial charge in [-0.15, -0.1) is 0 Å². The van der Waals surface area contributed by atoms with Gasteiger partial charge in [-0.1, -0.05) is 30.9 Å². The predicted octanol–water partition coefficient (Wildman–Crippen LogP) is 3.27. The Morgan fingerprint density at radius 1 is 1.29 bits per heavy atom. The van der Waals surface area contributed by atoms with Gasteiger partial charge < -0.3 is 9.64 Å². The lowest BCUT2D eigenvalue weighted by molar-refractivity contribution is 0.401. The highest BCUT2D eigenvalue weighted by molar-refractivity contribution is 7.81. The molecule has 1 aromatic rings. The number of para-hydroxylation sites is 1. The fraction of sp³-hybridized carbons (Fsp3) is 0.357. The number of hydrogen-bond donors (Lipinski definition) is 0. The van der Waals surface area contributed by atoms with Crippen molar-refractivity contribution in [1.29, 1.82) is 0 Å². The molecule has 0 amide bonds. The lowest BCUT2D eigenvalue weighted by atomic mass is 10.1. The minimum Gasteiger partial charge on any atom is -0.496 e. The molecule has 0 aliphatic rings. The fourth-order valence-corrected chi connectivity index (χ4v) is 2.03. The third-order valence-corrected chi connectivity index (χ3v) is 3.21. The molecule has 0 saturated heterocycles. The molecule has 1 aromatic carbocycles. The van der Waals surface area contributed by atoms with E-state index >= 15 is 0 Å². The number of likely N-dealkylation sites (N-methyl/N-ethyl adjacent to an activating group) is 1. The number of nitrogens with zero attached hydrogens (tertiary/aromatic N) is 1. The molecule has 3 heteroatoms. The molecule has 0 saturated carbocycles. The highest BCUT2D eigenvalue weighted by atomic mass is 32.1. The summed E-state index contributed by atoms with van der Waals surface area (Å²) < 4.78 is 5.32. The number of ether oxygens (including phenoxy) is 1. The monoisotopic (exact) mass is 249 g/mol. The third-order valence-electron chi connectivity index (χ3n) is 2.76. The van der Waals surface area contributed by atoms with Crippen LogP contribution in [0.5, 0.6) is 5.75 Å². The summed E-state index contributed by atoms with van der Waals surface area (Å²) >= 11 is 5.48. The van der Waals surface area contributed by atoms with Gasteiger partial charge in [0.1, 0.15) is 5.75 Å². The van der Waals surface area contributed by atoms with Crippen LogP contribution in [-0.4, -0.2) is 30.0 Å². The van der Waals surface area contributed by atoms with Gasteiger partial charge in [-0.05, 0) is 26.0 Å². The van der Waals surface area contributed by atoms with Crippen LogP contribution in [0.15, 0.2) is 36.5 Å². The largest absolute Gasteiger partial charge is 0.496 e. The van der Waals surface area contributed by atoms with E-state index in [2.05, 4.69) is 25.3 Å². The van der Waals surface area contributed by atoms with E-state index in [9.17, 15) is 0 Å². The second-order valence-corrected chi connectivity index (χ2v) is 4.06. The Balaban J connectivity index is 3.00. The van der Waals surface area contributed by atoms with Gasteiger partial charge in [-0.3, -0.25) is 0 Å². The van der Waals surface area contributed by atoms with Crippen LogP contribution in [0.2, 0.25) is 0 Å². The molecule has 0 fully saturated rings. The van der Waals surface area contributed by atoms with Gasteiger partial charge in [0, 0.05) is 24.4 Å². The van der Waals surface area contributed by atoms with E-state index in [4.69, 9.17) is 17.0 Å². The van der Waals surface area contributed by atoms with Crippen molar-refractivity contribution >= 4 is 17.1 Å². The van der Waals surface area contributed by atoms with Gasteiger partial charge in [0.05, 0.1) is 12.0 Å². The van der Waals surface area contributed by atoms with Gasteiger partial charge in [0.25, 0.3) is 0 Å². The Morgan fingerprint density at radius 2 is 1.88 bits per heavy atom. The van der Waals surface area contributed by atoms with Gasteiger partial charge in [-0.2, -0.15) is 0 Å². The molecular weight excluding hydrogens is 230 g/mol. The van der Waals surface area contributed by atoms with Crippen LogP contribution in [0.1, 0.15) is 19.4 Å². The molecule has 1 rings (SSSR count). The second kappa shape index (κ2) is 6.40. The summed E-state index contributed by atoms with van der Waals surface area (Å²) in [6, 6.07) is 7.78. The van der Waals surface area contributed by atoms with E-state index in [-0.39, 0.29) is 0 Å². The summed E-state index contributed by atoms with van der Waals surface area (Å²) in [6.45, 7) is 10.1. The maximum Gasteiger partial charge on any atom is 0.127 e. The van der Waals surface area contributed by atoms with E-state index in [1.54, 1.807) is 7.11 Å². The number of methoxy groups -OCH3 is 1. The molecule has 0 unspecified atom stereocenters. The fourth-order valence-electron chi connectivity index (χ4n) is 1.74. The van der Waals surface area contributed by atoms with Crippen molar-refractivity contribution in [1.82, 2.24) is 4.90 Å². The van der Waals surface area contributed by atoms with Crippen molar-refractivity contribution in [3.63, 3.8) is 0 Å². The summed E-state index contributed by atoms with van der Waals surface area (Å²) in [5, 5.41) is 0. The van der Waals surface area contributed by atoms with Crippen LogP contribution in [0.4, 0.5) is 0 Å². The van der Waals surface area contributed by atoms with Crippen molar-refractivity contribution in [2.75, 3.05) is 20.2 Å². The van der Waals surface area contributed by atoms with Gasteiger partial charge >= 0.3 is 0 Å². The Morgan fingerprint density at radius 3 is 2.41 bits per heavy atom. The average Bonchev–Trinajstić information content (AvgIpc) is 2.39. The highest BCUT2D eigenvalue weighted by Crippen LogP contribution is 2.22. The molecule has 0 radical (unpaired) electrons. The van der Waals surface area contributed by atoms with E-state index < -0.39 is 0 Å². The normalized spacial score (nSPS) is 9.82. The van der Waals surface area contributed by atoms with E-state index in [1.807, 2.05) is 24.3 Å². The minimum atomic E-state index is 0.756. The Labute approximate surface area is 109 Å². The van der Waals surface area contributed by atoms with Crippen molar-refractivity contribution in [3.8, 4) is 5.75 Å². The van der Waals surface area contributed by atoms with Crippen molar-refractivity contribution in [3.05, 3.63) is 42.1 Å². The van der Waals surface area contributed by atoms with Crippen LogP contribution in [0.25, 0.3) is 0 Å². The van der Waals surface area contributed by atoms with Crippen LogP contribution in [0, 0.1) is 0 Å². The minimum absolute atomic E-state index is 0.756. The summed E-state index contributed by atoms with van der Waals surface area (Å²) in [4.78, 5) is 2.90. The Bertz CT molecular complexity index is 410. The highest BCUT2D eigenvalue weighted by Gasteiger charge is 2.14. The molecule has 0 spiro atoms. The summed E-state index contributed by atoms with van der Waals surface area (Å²) in [6.07, 6.45) is 0. The van der Waals surface area contributed by atoms with Crippen LogP contribution < -0.4 is 4.74 Å². The molecule has 0 heterocycles. The molecule has 0 N–H and O–H groups in total. The SMILES string of the molecule is C=C(C(=S)c1ccccc1OC)N(CC)CC. The zero-order valence-electron chi connectivity index (χ0n) is 10.7. The smallest absolute Gasteiger partial charge is 0.127 e. The lowest BCUT2D eigenvalue weighted by Crippen LogP contribution is -2.26. The zero-order valence-corrected chi connectivity index (χ0v) is 11.5. The molecule has 92 valence electrons. The average molecular weight is 249 g/mol. The molecule has 2 nitrogen and oxygen atoms in total. The van der Waals surface area contributed by atoms with Crippen molar-refractivity contribution in [2.24, 2.45) is 0 Å². The Kier molecular flexibility index (Phi) is 5.16. The van der Waals surface area contributed by atoms with Crippen LogP contribution in [0.3, 0.4) is 0 Å². The van der Waals surface area contributed by atoms with Gasteiger partial charge in [-0.25, -0.2) is 0 Å². The molecule has 0 bridgehead atoms. The van der Waals surface area contributed by atoms with E-state index in [1.165, 1.54) is 0 Å². The third kappa shape index (κ3) is 3.07. The van der Waals surface area contributed by atoms with Crippen molar-refractivity contribution < 1.29 is 4.74 Å². The number of allylic oxidation sites excluding steroid dienone is 1. The number of rotatable bonds is 6. The number of thiocarbonyl (C=S) groups is 1. The number of hydrogen-bond acceptors (Lipinski definition) is 3. The maximum atomic E-state index is 5.48. The molecular formula is C14H19NOS. The molecule has 0 aliphatic heterocycles. The van der Waals surface area contributed by atoms with Gasteiger partial charge in [0.2, 0.25) is 0 Å². The zero-order chi connectivity index (χ0) is 12.8. The first-order valence-corrected chi connectivity index (χ1v) is 6.18. The van der Waals surface area contributed by atoms with Crippen LogP contribution in [-0.2, 0) is 0 Å². The predicted molar refractivity (Wildman–Crippen MR) is 76.8 cm³/mol. The first-order valence-electron chi connectivity index (χ1n) is 5.77. The topological polar surface area (TPSA) is 12.5 Å². The maximum absolute atomic E-state index is 5.48. The van der Waals surface area contributed by atoms with Crippen LogP contribution >= 0.6 is 12.2 Å². The standard InChI is InChI=1S/C14H19NOS/c1-5-15(6-2)11(3)14(17)12-9-7-8-10-13(12)16-4/h7-10H,3,5-6H2,1-2,4H3. The molecule has 0 atom stereocenters. The second-order valence-electron chi connectivity index (χ2n) is 3.65. The lowest BCUT2D eigenvalue weighted by Gasteiger charge is -2.24. The van der Waals surface area contributed by atoms with E-state index in [0.29, 0.717) is 0 Å². The van der Waals surface area contributed by atoms with Crippen molar-refractivity contribution in [2.45, 2.75) is 13.8 Å². The summed E-state index contributed by atoms with van der Waals surface area (Å²) in [5.41, 5.74) is 1.82. The first kappa shape index (κ1) is 13.7. The quantitative estimate of drug-likeness (QED) is 0.436. The van der Waals surface area contributed by atoms with E-state index in [0.717, 1.165) is 35.0 Å². The molecule has 0 aliphatic carbocycles. The summed E-state index contributed by atoms with van der Waals surface area (Å²) in [7, 11) is 1.65.